The van der Waals surface area contributed by atoms with Crippen molar-refractivity contribution in [2.45, 2.75) is 12.2 Å². The minimum Gasteiger partial charge on any atom is -0.502 e. The van der Waals surface area contributed by atoms with Crippen molar-refractivity contribution in [3.8, 4) is 5.75 Å². The van der Waals surface area contributed by atoms with Crippen LogP contribution >= 0.6 is 0 Å². The highest BCUT2D eigenvalue weighted by Gasteiger charge is 2.53. The molecule has 0 saturated carbocycles. The molecule has 30 heavy (non-hydrogen) atoms. The fraction of sp³-hybridized carbons (Fsp3) is 0.316. The first-order valence-corrected chi connectivity index (χ1v) is 8.98. The number of nitrogens with zero attached hydrogens (tertiary/aromatic N) is 3. The zero-order valence-electron chi connectivity index (χ0n) is 16.1. The number of aromatic nitrogens is 1. The van der Waals surface area contributed by atoms with Gasteiger partial charge < -0.3 is 20.1 Å². The van der Waals surface area contributed by atoms with Gasteiger partial charge >= 0.3 is 0 Å². The highest BCUT2D eigenvalue weighted by Crippen LogP contribution is 2.33. The van der Waals surface area contributed by atoms with Gasteiger partial charge in [0.2, 0.25) is 5.43 Å². The van der Waals surface area contributed by atoms with E-state index in [-0.39, 0.29) is 31.0 Å². The first kappa shape index (κ1) is 19.8. The van der Waals surface area contributed by atoms with E-state index in [1.54, 1.807) is 12.1 Å². The van der Waals surface area contributed by atoms with Gasteiger partial charge in [-0.15, -0.1) is 0 Å². The maximum Gasteiger partial charge on any atom is 0.278 e. The molecule has 1 aromatic heterocycles. The largest absolute Gasteiger partial charge is 0.502 e. The third-order valence-corrected chi connectivity index (χ3v) is 5.59. The molecule has 11 heteroatoms. The Hall–Kier alpha value is -3.47. The highest BCUT2D eigenvalue weighted by molar-refractivity contribution is 5.99. The van der Waals surface area contributed by atoms with Gasteiger partial charge in [0.25, 0.3) is 11.8 Å². The number of rotatable bonds is 3. The average molecular weight is 420 g/mol. The second-order valence-electron chi connectivity index (χ2n) is 7.20. The SMILES string of the molecule is CN1C(=O)c2c(O)c(=O)c(C(=O)NCc3ccc(F)cc3F)cn2N(C)C12COC2. The Morgan fingerprint density at radius 2 is 1.97 bits per heavy atom. The van der Waals surface area contributed by atoms with Crippen molar-refractivity contribution in [2.75, 3.05) is 32.3 Å². The van der Waals surface area contributed by atoms with Crippen molar-refractivity contribution in [3.63, 3.8) is 0 Å². The topological polar surface area (TPSA) is 104 Å². The van der Waals surface area contributed by atoms with E-state index in [4.69, 9.17) is 4.74 Å². The number of carbonyl (C=O) groups is 2. The molecule has 2 aliphatic heterocycles. The Morgan fingerprint density at radius 3 is 2.57 bits per heavy atom. The summed E-state index contributed by atoms with van der Waals surface area (Å²) in [6.45, 7) is 0.120. The van der Waals surface area contributed by atoms with Crippen LogP contribution in [-0.4, -0.2) is 59.5 Å². The number of likely N-dealkylation sites (N-methyl/N-ethyl adjacent to an activating group) is 2. The summed E-state index contributed by atoms with van der Waals surface area (Å²) in [6.07, 6.45) is 1.15. The van der Waals surface area contributed by atoms with Crippen LogP contribution in [0.2, 0.25) is 0 Å². The lowest BCUT2D eigenvalue weighted by molar-refractivity contribution is -0.132. The summed E-state index contributed by atoms with van der Waals surface area (Å²) in [5.74, 6) is -3.94. The molecule has 0 aliphatic carbocycles. The van der Waals surface area contributed by atoms with E-state index in [2.05, 4.69) is 5.32 Å². The molecule has 9 nitrogen and oxygen atoms in total. The smallest absolute Gasteiger partial charge is 0.278 e. The molecule has 0 atom stereocenters. The molecule has 2 aromatic rings. The second kappa shape index (κ2) is 6.80. The normalized spacial score (nSPS) is 17.0. The third kappa shape index (κ3) is 2.73. The summed E-state index contributed by atoms with van der Waals surface area (Å²) >= 11 is 0. The van der Waals surface area contributed by atoms with Gasteiger partial charge in [0.15, 0.2) is 17.1 Å². The molecule has 3 heterocycles. The third-order valence-electron chi connectivity index (χ3n) is 5.59. The lowest BCUT2D eigenvalue weighted by Crippen LogP contribution is -2.76. The molecular formula is C19H18F2N4O5. The van der Waals surface area contributed by atoms with E-state index in [1.165, 1.54) is 22.7 Å². The van der Waals surface area contributed by atoms with Crippen LogP contribution in [0.25, 0.3) is 0 Å². The molecular weight excluding hydrogens is 402 g/mol. The number of carbonyl (C=O) groups excluding carboxylic acids is 2. The number of hydrogen-bond acceptors (Lipinski definition) is 6. The van der Waals surface area contributed by atoms with Gasteiger partial charge in [0.05, 0.1) is 13.2 Å². The molecule has 0 bridgehead atoms. The number of halogens is 2. The number of amides is 2. The van der Waals surface area contributed by atoms with Gasteiger partial charge in [-0.05, 0) is 6.07 Å². The van der Waals surface area contributed by atoms with Crippen molar-refractivity contribution < 1.29 is 28.2 Å². The maximum atomic E-state index is 13.8. The van der Waals surface area contributed by atoms with Gasteiger partial charge in [-0.25, -0.2) is 8.78 Å². The number of fused-ring (bicyclic) bond motifs is 1. The van der Waals surface area contributed by atoms with Gasteiger partial charge in [-0.2, -0.15) is 0 Å². The van der Waals surface area contributed by atoms with E-state index >= 15 is 0 Å². The van der Waals surface area contributed by atoms with Crippen LogP contribution in [0.1, 0.15) is 26.4 Å². The van der Waals surface area contributed by atoms with Crippen LogP contribution < -0.4 is 15.8 Å². The lowest BCUT2D eigenvalue weighted by atomic mass is 10.0. The minimum absolute atomic E-state index is 0.0199. The van der Waals surface area contributed by atoms with E-state index < -0.39 is 45.9 Å². The molecule has 1 fully saturated rings. The Morgan fingerprint density at radius 1 is 1.27 bits per heavy atom. The zero-order valence-corrected chi connectivity index (χ0v) is 16.1. The highest BCUT2D eigenvalue weighted by atomic mass is 19.1. The van der Waals surface area contributed by atoms with Crippen molar-refractivity contribution >= 4 is 11.8 Å². The monoisotopic (exact) mass is 420 g/mol. The predicted octanol–water partition coefficient (Wildman–Crippen LogP) is 0.142. The van der Waals surface area contributed by atoms with Crippen molar-refractivity contribution in [1.29, 1.82) is 0 Å². The van der Waals surface area contributed by atoms with Crippen LogP contribution in [0.15, 0.2) is 29.2 Å². The molecule has 0 radical (unpaired) electrons. The van der Waals surface area contributed by atoms with Crippen LogP contribution in [0.4, 0.5) is 8.78 Å². The Balaban J connectivity index is 1.68. The molecule has 2 amide bonds. The van der Waals surface area contributed by atoms with E-state index in [0.29, 0.717) is 6.07 Å². The number of benzene rings is 1. The number of ether oxygens (including phenoxy) is 1. The summed E-state index contributed by atoms with van der Waals surface area (Å²) in [6, 6.07) is 2.89. The molecule has 158 valence electrons. The van der Waals surface area contributed by atoms with Crippen LogP contribution in [0.3, 0.4) is 0 Å². The lowest BCUT2D eigenvalue weighted by Gasteiger charge is -2.56. The fourth-order valence-electron chi connectivity index (χ4n) is 3.55. The summed E-state index contributed by atoms with van der Waals surface area (Å²) in [5, 5.41) is 14.3. The van der Waals surface area contributed by atoms with Gasteiger partial charge in [0, 0.05) is 38.5 Å². The van der Waals surface area contributed by atoms with Crippen LogP contribution in [0.5, 0.6) is 5.75 Å². The zero-order chi connectivity index (χ0) is 21.8. The molecule has 0 unspecified atom stereocenters. The van der Waals surface area contributed by atoms with Gasteiger partial charge in [-0.3, -0.25) is 24.1 Å². The Labute approximate surface area is 169 Å². The molecule has 1 aromatic carbocycles. The second-order valence-corrected chi connectivity index (χ2v) is 7.20. The number of aromatic hydroxyl groups is 1. The van der Waals surface area contributed by atoms with E-state index in [1.807, 2.05) is 0 Å². The minimum atomic E-state index is -1.03. The van der Waals surface area contributed by atoms with E-state index in [0.717, 1.165) is 12.3 Å². The molecule has 1 saturated heterocycles. The first-order valence-electron chi connectivity index (χ1n) is 8.98. The number of pyridine rings is 1. The molecule has 4 rings (SSSR count). The quantitative estimate of drug-likeness (QED) is 0.732. The maximum absolute atomic E-state index is 13.8. The number of hydrogen-bond donors (Lipinski definition) is 2. The standard InChI is InChI=1S/C19H18F2N4O5/c1-23-18(29)14-16(27)15(26)12(7-25(14)24(2)19(23)8-30-9-19)17(28)22-6-10-3-4-11(20)5-13(10)21/h3-5,7,27H,6,8-9H2,1-2H3,(H,22,28). The molecule has 1 spiro atoms. The van der Waals surface area contributed by atoms with Gasteiger partial charge in [-0.1, -0.05) is 6.07 Å². The summed E-state index contributed by atoms with van der Waals surface area (Å²) in [5.41, 5.74) is -2.53. The van der Waals surface area contributed by atoms with Crippen molar-refractivity contribution in [3.05, 3.63) is 63.1 Å². The molecule has 2 N–H and O–H groups in total. The predicted molar refractivity (Wildman–Crippen MR) is 99.7 cm³/mol. The summed E-state index contributed by atoms with van der Waals surface area (Å²) < 4.78 is 33.3. The van der Waals surface area contributed by atoms with Crippen molar-refractivity contribution in [1.82, 2.24) is 14.9 Å². The van der Waals surface area contributed by atoms with Crippen LogP contribution in [-0.2, 0) is 11.3 Å². The summed E-state index contributed by atoms with van der Waals surface area (Å²) in [4.78, 5) is 39.3. The fourth-order valence-corrected chi connectivity index (χ4v) is 3.55. The summed E-state index contributed by atoms with van der Waals surface area (Å²) in [7, 11) is 3.17. The Kier molecular flexibility index (Phi) is 4.49. The van der Waals surface area contributed by atoms with E-state index in [9.17, 15) is 28.3 Å². The Bertz CT molecular complexity index is 1130. The van der Waals surface area contributed by atoms with Gasteiger partial charge in [0.1, 0.15) is 17.2 Å². The van der Waals surface area contributed by atoms with Crippen LogP contribution in [0, 0.1) is 11.6 Å². The molecule has 2 aliphatic rings. The average Bonchev–Trinajstić information content (AvgIpc) is 2.66. The van der Waals surface area contributed by atoms with Crippen molar-refractivity contribution in [2.24, 2.45) is 0 Å². The number of nitrogens with one attached hydrogen (secondary N) is 1. The first-order chi connectivity index (χ1) is 14.2.